The average Bonchev–Trinajstić information content (AvgIpc) is 2.99. The van der Waals surface area contributed by atoms with Gasteiger partial charge in [-0.05, 0) is 55.0 Å². The molecule has 3 aromatic rings. The molecule has 0 aliphatic carbocycles. The summed E-state index contributed by atoms with van der Waals surface area (Å²) in [5.41, 5.74) is 3.95. The third-order valence-corrected chi connectivity index (χ3v) is 4.30. The van der Waals surface area contributed by atoms with Crippen molar-refractivity contribution in [3.63, 3.8) is 0 Å². The molecule has 0 saturated carbocycles. The van der Waals surface area contributed by atoms with Crippen LogP contribution in [0.1, 0.15) is 19.4 Å². The number of thiocarbonyl (C=S) groups is 1. The van der Waals surface area contributed by atoms with E-state index in [1.54, 1.807) is 26.0 Å². The molecule has 0 saturated heterocycles. The predicted octanol–water partition coefficient (Wildman–Crippen LogP) is 4.93. The third kappa shape index (κ3) is 4.03. The van der Waals surface area contributed by atoms with Crippen molar-refractivity contribution in [1.29, 1.82) is 0 Å². The number of nitrogens with one attached hydrogen (secondary N) is 2. The molecule has 0 spiro atoms. The Morgan fingerprint density at radius 3 is 2.73 bits per heavy atom. The van der Waals surface area contributed by atoms with Crippen molar-refractivity contribution in [2.45, 2.75) is 20.8 Å². The van der Waals surface area contributed by atoms with E-state index >= 15 is 0 Å². The summed E-state index contributed by atoms with van der Waals surface area (Å²) in [4.78, 5) is 16.3. The summed E-state index contributed by atoms with van der Waals surface area (Å²) in [7, 11) is 0. The van der Waals surface area contributed by atoms with Gasteiger partial charge in [-0.1, -0.05) is 31.5 Å². The minimum Gasteiger partial charge on any atom is -0.436 e. The van der Waals surface area contributed by atoms with Crippen LogP contribution in [0.15, 0.2) is 40.8 Å². The summed E-state index contributed by atoms with van der Waals surface area (Å²) in [6.07, 6.45) is 0. The van der Waals surface area contributed by atoms with E-state index in [1.807, 2.05) is 31.2 Å². The highest BCUT2D eigenvalue weighted by molar-refractivity contribution is 7.80. The Morgan fingerprint density at radius 1 is 1.23 bits per heavy atom. The van der Waals surface area contributed by atoms with Crippen molar-refractivity contribution >= 4 is 51.6 Å². The molecule has 1 heterocycles. The van der Waals surface area contributed by atoms with Crippen LogP contribution in [-0.2, 0) is 4.79 Å². The molecule has 3 rings (SSSR count). The van der Waals surface area contributed by atoms with Gasteiger partial charge >= 0.3 is 0 Å². The van der Waals surface area contributed by atoms with Crippen LogP contribution in [0.25, 0.3) is 22.6 Å². The summed E-state index contributed by atoms with van der Waals surface area (Å²) >= 11 is 11.4. The van der Waals surface area contributed by atoms with E-state index in [-0.39, 0.29) is 16.9 Å². The standard InChI is InChI=1S/C19H18ClN3O2S/c1-10(2)17(24)23-19(26)22-14-9-12(5-6-13(14)20)18-21-15-8-11(3)4-7-16(15)25-18/h4-10H,1-3H3,(H2,22,23,24,26). The van der Waals surface area contributed by atoms with E-state index in [2.05, 4.69) is 15.6 Å². The van der Waals surface area contributed by atoms with Gasteiger partial charge in [-0.3, -0.25) is 4.79 Å². The highest BCUT2D eigenvalue weighted by Gasteiger charge is 2.13. The molecule has 2 aromatic carbocycles. The summed E-state index contributed by atoms with van der Waals surface area (Å²) < 4.78 is 5.82. The number of nitrogens with zero attached hydrogens (tertiary/aromatic N) is 1. The molecule has 0 fully saturated rings. The molecular formula is C19H18ClN3O2S. The van der Waals surface area contributed by atoms with Crippen molar-refractivity contribution in [2.24, 2.45) is 5.92 Å². The third-order valence-electron chi connectivity index (χ3n) is 3.77. The van der Waals surface area contributed by atoms with Crippen molar-refractivity contribution in [2.75, 3.05) is 5.32 Å². The number of aryl methyl sites for hydroxylation is 1. The largest absolute Gasteiger partial charge is 0.436 e. The maximum absolute atomic E-state index is 11.7. The van der Waals surface area contributed by atoms with Crippen LogP contribution >= 0.6 is 23.8 Å². The summed E-state index contributed by atoms with van der Waals surface area (Å²) in [6.45, 7) is 5.59. The average molecular weight is 388 g/mol. The van der Waals surface area contributed by atoms with E-state index in [4.69, 9.17) is 28.2 Å². The lowest BCUT2D eigenvalue weighted by Gasteiger charge is -2.12. The van der Waals surface area contributed by atoms with Crippen LogP contribution in [0.5, 0.6) is 0 Å². The monoisotopic (exact) mass is 387 g/mol. The van der Waals surface area contributed by atoms with E-state index in [9.17, 15) is 4.79 Å². The number of amides is 1. The SMILES string of the molecule is Cc1ccc2oc(-c3ccc(Cl)c(NC(=S)NC(=O)C(C)C)c3)nc2c1. The normalized spacial score (nSPS) is 11.0. The van der Waals surface area contributed by atoms with Crippen LogP contribution < -0.4 is 10.6 Å². The number of aromatic nitrogens is 1. The van der Waals surface area contributed by atoms with Gasteiger partial charge in [0.15, 0.2) is 10.7 Å². The lowest BCUT2D eigenvalue weighted by Crippen LogP contribution is -2.36. The molecule has 26 heavy (non-hydrogen) atoms. The number of hydrogen-bond donors (Lipinski definition) is 2. The molecule has 0 radical (unpaired) electrons. The van der Waals surface area contributed by atoms with Crippen molar-refractivity contribution in [3.05, 3.63) is 47.0 Å². The number of rotatable bonds is 3. The van der Waals surface area contributed by atoms with Gasteiger partial charge < -0.3 is 15.1 Å². The van der Waals surface area contributed by atoms with Crippen LogP contribution in [0.4, 0.5) is 5.69 Å². The fourth-order valence-electron chi connectivity index (χ4n) is 2.32. The number of carbonyl (C=O) groups is 1. The predicted molar refractivity (Wildman–Crippen MR) is 108 cm³/mol. The number of carbonyl (C=O) groups excluding carboxylic acids is 1. The van der Waals surface area contributed by atoms with Crippen LogP contribution in [0.3, 0.4) is 0 Å². The summed E-state index contributed by atoms with van der Waals surface area (Å²) in [5.74, 6) is 0.159. The zero-order valence-electron chi connectivity index (χ0n) is 14.6. The van der Waals surface area contributed by atoms with Crippen LogP contribution in [-0.4, -0.2) is 16.0 Å². The van der Waals surface area contributed by atoms with E-state index < -0.39 is 0 Å². The summed E-state index contributed by atoms with van der Waals surface area (Å²) in [5, 5.41) is 6.24. The highest BCUT2D eigenvalue weighted by atomic mass is 35.5. The van der Waals surface area contributed by atoms with Gasteiger partial charge in [0.05, 0.1) is 10.7 Å². The van der Waals surface area contributed by atoms with Gasteiger partial charge in [-0.2, -0.15) is 0 Å². The van der Waals surface area contributed by atoms with E-state index in [0.717, 1.165) is 22.2 Å². The molecule has 7 heteroatoms. The number of fused-ring (bicyclic) bond motifs is 1. The molecule has 0 aliphatic heterocycles. The van der Waals surface area contributed by atoms with Gasteiger partial charge in [0.25, 0.3) is 0 Å². The van der Waals surface area contributed by atoms with Gasteiger partial charge in [0, 0.05) is 11.5 Å². The Kier molecular flexibility index (Phi) is 5.25. The molecule has 0 unspecified atom stereocenters. The zero-order valence-corrected chi connectivity index (χ0v) is 16.2. The molecule has 0 atom stereocenters. The summed E-state index contributed by atoms with van der Waals surface area (Å²) in [6, 6.07) is 11.2. The number of halogens is 1. The molecule has 0 bridgehead atoms. The van der Waals surface area contributed by atoms with Gasteiger partial charge in [0.2, 0.25) is 11.8 Å². The Morgan fingerprint density at radius 2 is 2.00 bits per heavy atom. The second kappa shape index (κ2) is 7.43. The van der Waals surface area contributed by atoms with E-state index in [0.29, 0.717) is 16.6 Å². The fraction of sp³-hybridized carbons (Fsp3) is 0.211. The second-order valence-corrected chi connectivity index (χ2v) is 7.10. The first-order valence-electron chi connectivity index (χ1n) is 8.12. The highest BCUT2D eigenvalue weighted by Crippen LogP contribution is 2.30. The quantitative estimate of drug-likeness (QED) is 0.624. The molecule has 0 aliphatic rings. The first-order chi connectivity index (χ1) is 12.3. The lowest BCUT2D eigenvalue weighted by molar-refractivity contribution is -0.122. The molecule has 1 aromatic heterocycles. The minimum absolute atomic E-state index is 0.163. The van der Waals surface area contributed by atoms with Gasteiger partial charge in [0.1, 0.15) is 5.52 Å². The maximum Gasteiger partial charge on any atom is 0.228 e. The Labute approximate surface area is 161 Å². The second-order valence-electron chi connectivity index (χ2n) is 6.28. The zero-order chi connectivity index (χ0) is 18.8. The Bertz CT molecular complexity index is 998. The molecule has 134 valence electrons. The van der Waals surface area contributed by atoms with Crippen LogP contribution in [0.2, 0.25) is 5.02 Å². The topological polar surface area (TPSA) is 67.2 Å². The van der Waals surface area contributed by atoms with Gasteiger partial charge in [-0.25, -0.2) is 4.98 Å². The molecule has 2 N–H and O–H groups in total. The van der Waals surface area contributed by atoms with Crippen LogP contribution in [0, 0.1) is 12.8 Å². The van der Waals surface area contributed by atoms with Gasteiger partial charge in [-0.15, -0.1) is 0 Å². The van der Waals surface area contributed by atoms with Crippen molar-refractivity contribution in [3.8, 4) is 11.5 Å². The van der Waals surface area contributed by atoms with E-state index in [1.165, 1.54) is 0 Å². The molecule has 1 amide bonds. The fourth-order valence-corrected chi connectivity index (χ4v) is 2.70. The van der Waals surface area contributed by atoms with Crippen molar-refractivity contribution in [1.82, 2.24) is 10.3 Å². The van der Waals surface area contributed by atoms with Crippen molar-refractivity contribution < 1.29 is 9.21 Å². The minimum atomic E-state index is -0.167. The maximum atomic E-state index is 11.7. The lowest BCUT2D eigenvalue weighted by atomic mass is 10.2. The Balaban J connectivity index is 1.86. The number of oxazole rings is 1. The number of hydrogen-bond acceptors (Lipinski definition) is 4. The first-order valence-corrected chi connectivity index (χ1v) is 8.91. The number of benzene rings is 2. The molecule has 5 nitrogen and oxygen atoms in total. The first kappa shape index (κ1) is 18.4. The number of anilines is 1. The smallest absolute Gasteiger partial charge is 0.228 e. The Hall–Kier alpha value is -2.44. The molecular weight excluding hydrogens is 370 g/mol.